The van der Waals surface area contributed by atoms with E-state index in [1.54, 1.807) is 0 Å². The minimum Gasteiger partial charge on any atom is -0.295 e. The number of carbonyl (C=O) groups excluding carboxylic acids is 1. The summed E-state index contributed by atoms with van der Waals surface area (Å²) in [5.41, 5.74) is 0. The molecule has 0 bridgehead atoms. The number of halogens is 1. The van der Waals surface area contributed by atoms with Crippen LogP contribution in [0.3, 0.4) is 0 Å². The van der Waals surface area contributed by atoms with Gasteiger partial charge in [0.05, 0.1) is 6.04 Å². The molecule has 0 N–H and O–H groups in total. The van der Waals surface area contributed by atoms with Crippen molar-refractivity contribution in [2.24, 2.45) is 5.92 Å². The van der Waals surface area contributed by atoms with Gasteiger partial charge in [-0.05, 0) is 37.5 Å². The summed E-state index contributed by atoms with van der Waals surface area (Å²) in [5, 5.41) is -0.242. The molecule has 0 aliphatic rings. The molecular weight excluding hydrogens is 186 g/mol. The third-order valence-electron chi connectivity index (χ3n) is 2.20. The van der Waals surface area contributed by atoms with Crippen molar-refractivity contribution in [3.05, 3.63) is 0 Å². The molecule has 0 aromatic rings. The SMILES string of the molecule is CCCCN(C)C(C(=O)Cl)C(C)C. The minimum absolute atomic E-state index is 0.131. The normalized spacial score (nSPS) is 13.8. The molecule has 0 fully saturated rings. The van der Waals surface area contributed by atoms with Crippen molar-refractivity contribution in [2.75, 3.05) is 13.6 Å². The second-order valence-electron chi connectivity index (χ2n) is 3.83. The molecule has 3 heteroatoms. The molecule has 0 saturated carbocycles. The minimum atomic E-state index is -0.242. The van der Waals surface area contributed by atoms with Crippen LogP contribution in [0.1, 0.15) is 33.6 Å². The fraction of sp³-hybridized carbons (Fsp3) is 0.900. The maximum atomic E-state index is 11.1. The highest BCUT2D eigenvalue weighted by molar-refractivity contribution is 6.64. The number of carbonyl (C=O) groups is 1. The summed E-state index contributed by atoms with van der Waals surface area (Å²) in [5.74, 6) is 0.284. The zero-order valence-corrected chi connectivity index (χ0v) is 9.77. The molecule has 1 atom stereocenters. The number of unbranched alkanes of at least 4 members (excludes halogenated alkanes) is 1. The Morgan fingerprint density at radius 3 is 2.31 bits per heavy atom. The largest absolute Gasteiger partial charge is 0.295 e. The molecule has 0 aromatic carbocycles. The van der Waals surface area contributed by atoms with Gasteiger partial charge in [0.2, 0.25) is 5.24 Å². The first kappa shape index (κ1) is 12.9. The Kier molecular flexibility index (Phi) is 6.35. The van der Waals surface area contributed by atoms with Gasteiger partial charge in [0.1, 0.15) is 0 Å². The standard InChI is InChI=1S/C10H20ClNO/c1-5-6-7-12(4)9(8(2)3)10(11)13/h8-9H,5-7H2,1-4H3. The lowest BCUT2D eigenvalue weighted by Gasteiger charge is -2.27. The van der Waals surface area contributed by atoms with E-state index in [1.165, 1.54) is 0 Å². The Balaban J connectivity index is 4.12. The van der Waals surface area contributed by atoms with E-state index in [0.29, 0.717) is 0 Å². The smallest absolute Gasteiger partial charge is 0.239 e. The highest BCUT2D eigenvalue weighted by atomic mass is 35.5. The molecular formula is C10H20ClNO. The van der Waals surface area contributed by atoms with E-state index in [0.717, 1.165) is 19.4 Å². The Bertz CT molecular complexity index is 159. The lowest BCUT2D eigenvalue weighted by Crippen LogP contribution is -2.40. The molecule has 0 aromatic heterocycles. The zero-order chi connectivity index (χ0) is 10.4. The molecule has 0 aliphatic carbocycles. The van der Waals surface area contributed by atoms with Crippen molar-refractivity contribution in [3.63, 3.8) is 0 Å². The van der Waals surface area contributed by atoms with Crippen LogP contribution < -0.4 is 0 Å². The quantitative estimate of drug-likeness (QED) is 0.622. The van der Waals surface area contributed by atoms with Crippen molar-refractivity contribution in [3.8, 4) is 0 Å². The second kappa shape index (κ2) is 6.39. The Labute approximate surface area is 86.2 Å². The summed E-state index contributed by atoms with van der Waals surface area (Å²) in [6.07, 6.45) is 2.26. The monoisotopic (exact) mass is 205 g/mol. The average molecular weight is 206 g/mol. The lowest BCUT2D eigenvalue weighted by atomic mass is 10.0. The first-order valence-electron chi connectivity index (χ1n) is 4.90. The van der Waals surface area contributed by atoms with Crippen LogP contribution in [0.15, 0.2) is 0 Å². The summed E-state index contributed by atoms with van der Waals surface area (Å²) < 4.78 is 0. The lowest BCUT2D eigenvalue weighted by molar-refractivity contribution is -0.117. The van der Waals surface area contributed by atoms with Crippen LogP contribution in [-0.4, -0.2) is 29.8 Å². The van der Waals surface area contributed by atoms with Gasteiger partial charge in [-0.15, -0.1) is 0 Å². The van der Waals surface area contributed by atoms with Crippen LogP contribution in [0.4, 0.5) is 0 Å². The van der Waals surface area contributed by atoms with Crippen molar-refractivity contribution in [1.82, 2.24) is 4.90 Å². The van der Waals surface area contributed by atoms with E-state index in [4.69, 9.17) is 11.6 Å². The number of hydrogen-bond donors (Lipinski definition) is 0. The number of rotatable bonds is 6. The van der Waals surface area contributed by atoms with Crippen LogP contribution in [0.2, 0.25) is 0 Å². The molecule has 0 rings (SSSR count). The highest BCUT2D eigenvalue weighted by Gasteiger charge is 2.24. The van der Waals surface area contributed by atoms with Crippen molar-refractivity contribution < 1.29 is 4.79 Å². The van der Waals surface area contributed by atoms with E-state index in [2.05, 4.69) is 6.92 Å². The molecule has 13 heavy (non-hydrogen) atoms. The van der Waals surface area contributed by atoms with E-state index in [1.807, 2.05) is 25.8 Å². The number of nitrogens with zero attached hydrogens (tertiary/aromatic N) is 1. The predicted molar refractivity (Wildman–Crippen MR) is 57.0 cm³/mol. The van der Waals surface area contributed by atoms with Gasteiger partial charge in [-0.1, -0.05) is 27.2 Å². The molecule has 0 aliphatic heterocycles. The van der Waals surface area contributed by atoms with Crippen LogP contribution in [0.5, 0.6) is 0 Å². The Morgan fingerprint density at radius 1 is 1.46 bits per heavy atom. The van der Waals surface area contributed by atoms with E-state index >= 15 is 0 Å². The molecule has 78 valence electrons. The van der Waals surface area contributed by atoms with Crippen LogP contribution in [0, 0.1) is 5.92 Å². The third kappa shape index (κ3) is 4.63. The maximum Gasteiger partial charge on any atom is 0.239 e. The van der Waals surface area contributed by atoms with E-state index in [-0.39, 0.29) is 17.2 Å². The van der Waals surface area contributed by atoms with Crippen LogP contribution in [-0.2, 0) is 4.79 Å². The second-order valence-corrected chi connectivity index (χ2v) is 4.20. The summed E-state index contributed by atoms with van der Waals surface area (Å²) in [6, 6.07) is -0.131. The summed E-state index contributed by atoms with van der Waals surface area (Å²) in [4.78, 5) is 13.2. The average Bonchev–Trinajstić information content (AvgIpc) is 1.99. The maximum absolute atomic E-state index is 11.1. The van der Waals surface area contributed by atoms with Gasteiger partial charge in [-0.2, -0.15) is 0 Å². The first-order valence-corrected chi connectivity index (χ1v) is 5.28. The van der Waals surface area contributed by atoms with Crippen molar-refractivity contribution in [1.29, 1.82) is 0 Å². The van der Waals surface area contributed by atoms with Crippen molar-refractivity contribution in [2.45, 2.75) is 39.7 Å². The fourth-order valence-electron chi connectivity index (χ4n) is 1.49. The van der Waals surface area contributed by atoms with E-state index < -0.39 is 0 Å². The van der Waals surface area contributed by atoms with Crippen LogP contribution in [0.25, 0.3) is 0 Å². The van der Waals surface area contributed by atoms with Gasteiger partial charge in [0.25, 0.3) is 0 Å². The van der Waals surface area contributed by atoms with Gasteiger partial charge >= 0.3 is 0 Å². The third-order valence-corrected chi connectivity index (χ3v) is 2.43. The number of hydrogen-bond acceptors (Lipinski definition) is 2. The summed E-state index contributed by atoms with van der Waals surface area (Å²) >= 11 is 5.53. The highest BCUT2D eigenvalue weighted by Crippen LogP contribution is 2.12. The Hall–Kier alpha value is -0.0800. The molecule has 0 saturated heterocycles. The van der Waals surface area contributed by atoms with Gasteiger partial charge in [-0.25, -0.2) is 0 Å². The topological polar surface area (TPSA) is 20.3 Å². The van der Waals surface area contributed by atoms with Gasteiger partial charge in [0, 0.05) is 0 Å². The zero-order valence-electron chi connectivity index (χ0n) is 9.01. The summed E-state index contributed by atoms with van der Waals surface area (Å²) in [7, 11) is 1.96. The molecule has 0 heterocycles. The van der Waals surface area contributed by atoms with Crippen LogP contribution >= 0.6 is 11.6 Å². The van der Waals surface area contributed by atoms with E-state index in [9.17, 15) is 4.79 Å². The van der Waals surface area contributed by atoms with Gasteiger partial charge in [-0.3, -0.25) is 9.69 Å². The fourth-order valence-corrected chi connectivity index (χ4v) is 1.91. The predicted octanol–water partition coefficient (Wildman–Crippen LogP) is 2.51. The van der Waals surface area contributed by atoms with Crippen molar-refractivity contribution >= 4 is 16.8 Å². The van der Waals surface area contributed by atoms with Gasteiger partial charge in [0.15, 0.2) is 0 Å². The Morgan fingerprint density at radius 2 is 2.00 bits per heavy atom. The molecule has 0 amide bonds. The van der Waals surface area contributed by atoms with Gasteiger partial charge < -0.3 is 0 Å². The molecule has 2 nitrogen and oxygen atoms in total. The molecule has 0 radical (unpaired) electrons. The first-order chi connectivity index (χ1) is 6.00. The number of likely N-dealkylation sites (N-methyl/N-ethyl adjacent to an activating group) is 1. The summed E-state index contributed by atoms with van der Waals surface area (Å²) in [6.45, 7) is 7.12. The molecule has 0 spiro atoms. The molecule has 1 unspecified atom stereocenters.